The first kappa shape index (κ1) is 95.7. The van der Waals surface area contributed by atoms with Crippen molar-refractivity contribution in [2.45, 2.75) is 404 Å². The van der Waals surface area contributed by atoms with E-state index in [1.165, 1.54) is 135 Å². The average Bonchev–Trinajstić information content (AvgIpc) is 0.759. The van der Waals surface area contributed by atoms with E-state index in [9.17, 15) is 106 Å². The molecule has 33 nitrogen and oxygen atoms in total. The summed E-state index contributed by atoms with van der Waals surface area (Å²) in [6.07, 6.45) is -11.8. The van der Waals surface area contributed by atoms with Crippen LogP contribution < -0.4 is 10.6 Å². The Morgan fingerprint density at radius 2 is 0.898 bits per heavy atom. The summed E-state index contributed by atoms with van der Waals surface area (Å²) in [7, 11) is 0. The van der Waals surface area contributed by atoms with Crippen LogP contribution in [0, 0.1) is 0 Å². The maximum Gasteiger partial charge on any atom is 0.364 e. The van der Waals surface area contributed by atoms with Gasteiger partial charge in [0.25, 0.3) is 5.79 Å². The molecule has 5 saturated heterocycles. The van der Waals surface area contributed by atoms with Crippen molar-refractivity contribution < 1.29 is 154 Å². The van der Waals surface area contributed by atoms with Crippen LogP contribution >= 0.6 is 0 Å². The highest BCUT2D eigenvalue weighted by Crippen LogP contribution is 2.40. The van der Waals surface area contributed by atoms with Gasteiger partial charge in [0, 0.05) is 19.8 Å². The summed E-state index contributed by atoms with van der Waals surface area (Å²) < 4.78 is 58.6. The van der Waals surface area contributed by atoms with Crippen molar-refractivity contribution in [3.8, 4) is 0 Å². The van der Waals surface area contributed by atoms with E-state index in [1.807, 2.05) is 6.08 Å². The molecule has 33 heteroatoms. The number of carbonyl (C=O) groups excluding carboxylic acids is 2. The van der Waals surface area contributed by atoms with E-state index in [4.69, 9.17) is 47.4 Å². The van der Waals surface area contributed by atoms with Crippen LogP contribution in [0.4, 0.5) is 0 Å². The van der Waals surface area contributed by atoms with Crippen LogP contribution in [0.2, 0.25) is 0 Å². The molecule has 5 fully saturated rings. The Hall–Kier alpha value is -2.93. The fourth-order valence-corrected chi connectivity index (χ4v) is 14.6. The van der Waals surface area contributed by atoms with Gasteiger partial charge in [-0.15, -0.1) is 0 Å². The number of aliphatic hydroxyl groups is 17. The number of ether oxygens (including phenoxy) is 10. The minimum Gasteiger partial charge on any atom is -0.477 e. The standard InChI is InChI=1S/C75H136N2O31/c1-4-6-8-10-12-14-16-18-19-20-21-22-23-25-27-29-31-33-35-37-54(87)77-46(47(84)36-34-32-30-28-26-24-17-15-13-11-9-7-5-2)44-99-71-62(94)61(93)65(53(43-82)103-71)104-72-63(95)67(59(91)51(41-80)101-72)106-70-55(76-45(3)83)66(58(90)50(40-79)100-70)105-73-64(96)69(60(92)52(42-81)102-73)108-75(74(97)98)38-48(85)56(88)68(107-75)57(89)49(86)39-78/h34,36,46-53,55-73,78-82,84-86,88-96H,4-33,35,37-44H2,1-3H3,(H,76,83)(H,77,87)(H,97,98)/b36-34+/t46-,47+,48?,49+,50?,51?,52?,53?,55?,56+,57+,58+,59-,60-,61+,62?,63?,64?,65+,66+,67-,68?,69-,70-,71+,72-,73-,75-/m0/s1. The van der Waals surface area contributed by atoms with E-state index in [1.54, 1.807) is 6.08 Å². The molecule has 5 rings (SSSR count). The monoisotopic (exact) mass is 1560 g/mol. The molecule has 5 aliphatic heterocycles. The van der Waals surface area contributed by atoms with Crippen LogP contribution in [-0.4, -0.2) is 321 Å². The summed E-state index contributed by atoms with van der Waals surface area (Å²) in [6.45, 7) is -0.360. The van der Waals surface area contributed by atoms with Crippen LogP contribution in [0.15, 0.2) is 12.2 Å². The van der Waals surface area contributed by atoms with Gasteiger partial charge >= 0.3 is 5.97 Å². The summed E-state index contributed by atoms with van der Waals surface area (Å²) in [5.74, 6) is -6.57. The number of nitrogens with one attached hydrogen (secondary N) is 2. The number of hydrogen-bond acceptors (Lipinski definition) is 30. The summed E-state index contributed by atoms with van der Waals surface area (Å²) >= 11 is 0. The molecule has 20 N–H and O–H groups in total. The van der Waals surface area contributed by atoms with Crippen LogP contribution in [0.3, 0.4) is 0 Å². The predicted molar refractivity (Wildman–Crippen MR) is 385 cm³/mol. The molecule has 5 heterocycles. The zero-order valence-electron chi connectivity index (χ0n) is 63.7. The molecule has 0 aromatic heterocycles. The fourth-order valence-electron chi connectivity index (χ4n) is 14.6. The summed E-state index contributed by atoms with van der Waals surface area (Å²) in [5, 5.41) is 203. The molecule has 0 bridgehead atoms. The maximum atomic E-state index is 13.6. The molecule has 0 spiro atoms. The molecule has 0 aliphatic carbocycles. The third-order valence-electron chi connectivity index (χ3n) is 21.2. The third-order valence-corrected chi connectivity index (χ3v) is 21.2. The van der Waals surface area contributed by atoms with Gasteiger partial charge in [-0.1, -0.05) is 206 Å². The molecule has 0 aromatic carbocycles. The van der Waals surface area contributed by atoms with Crippen LogP contribution in [0.1, 0.15) is 233 Å². The van der Waals surface area contributed by atoms with E-state index in [0.29, 0.717) is 12.8 Å². The number of rotatable bonds is 55. The molecule has 5 aliphatic rings. The number of aliphatic hydroxyl groups excluding tert-OH is 17. The van der Waals surface area contributed by atoms with Gasteiger partial charge in [-0.2, -0.15) is 0 Å². The number of hydrogen-bond donors (Lipinski definition) is 20. The first-order chi connectivity index (χ1) is 51.9. The molecule has 10 unspecified atom stereocenters. The smallest absolute Gasteiger partial charge is 0.364 e. The summed E-state index contributed by atoms with van der Waals surface area (Å²) in [6, 6.07) is -2.97. The summed E-state index contributed by atoms with van der Waals surface area (Å²) in [4.78, 5) is 39.6. The lowest BCUT2D eigenvalue weighted by atomic mass is 9.90. The van der Waals surface area contributed by atoms with E-state index in [2.05, 4.69) is 24.5 Å². The number of aliphatic carboxylic acids is 1. The lowest BCUT2D eigenvalue weighted by Gasteiger charge is -2.51. The maximum absolute atomic E-state index is 13.6. The second-order valence-electron chi connectivity index (χ2n) is 30.0. The van der Waals surface area contributed by atoms with Gasteiger partial charge in [-0.05, 0) is 19.3 Å². The van der Waals surface area contributed by atoms with Gasteiger partial charge in [0.05, 0.1) is 57.9 Å². The molecule has 0 radical (unpaired) electrons. The van der Waals surface area contributed by atoms with E-state index >= 15 is 0 Å². The van der Waals surface area contributed by atoms with Crippen molar-refractivity contribution in [2.75, 3.05) is 39.6 Å². The van der Waals surface area contributed by atoms with Crippen LogP contribution in [-0.2, 0) is 61.8 Å². The van der Waals surface area contributed by atoms with Gasteiger partial charge in [0.1, 0.15) is 122 Å². The van der Waals surface area contributed by atoms with Gasteiger partial charge < -0.3 is 150 Å². The highest BCUT2D eigenvalue weighted by molar-refractivity contribution is 5.76. The number of amides is 2. The van der Waals surface area contributed by atoms with Gasteiger partial charge in [0.15, 0.2) is 25.2 Å². The largest absolute Gasteiger partial charge is 0.477 e. The lowest BCUT2D eigenvalue weighted by Crippen LogP contribution is -2.71. The molecule has 0 saturated carbocycles. The van der Waals surface area contributed by atoms with Crippen molar-refractivity contribution in [1.29, 1.82) is 0 Å². The minimum absolute atomic E-state index is 0.171. The van der Waals surface area contributed by atoms with Crippen molar-refractivity contribution >= 4 is 17.8 Å². The first-order valence-corrected chi connectivity index (χ1v) is 40.1. The number of carboxylic acid groups (broad SMARTS) is 1. The quantitative estimate of drug-likeness (QED) is 0.0289. The van der Waals surface area contributed by atoms with Crippen molar-refractivity contribution in [3.05, 3.63) is 12.2 Å². The van der Waals surface area contributed by atoms with Gasteiger partial charge in [0.2, 0.25) is 11.8 Å². The number of unbranched alkanes of at least 4 members (excludes halogenated alkanes) is 29. The normalized spacial score (nSPS) is 34.5. The number of allylic oxidation sites excluding steroid dienone is 1. The highest BCUT2D eigenvalue weighted by atomic mass is 16.8. The summed E-state index contributed by atoms with van der Waals surface area (Å²) in [5.41, 5.74) is 0. The first-order valence-electron chi connectivity index (χ1n) is 40.1. The SMILES string of the molecule is CCCCCCCCCCCCC/C=C/[C@@H](O)[C@H](CO[C@@H]1OC(CO)[C@@H](O[C@@H]2OC(CO)[C@H](O)[C@H](O[C@@H]3OC(CO)[C@@H](O)[C@H](O[C@@H]4OC(CO)[C@H](O)[C@H](O[C@]5(C(=O)O)CC(O)[C@@H](O)C([C@H](O)[C@H](O)CO)O5)C4O)C3NC(C)=O)C2O)[C@H](O)C1O)NC(=O)CCCCCCCCCCCCCCCCCCCCC. The predicted octanol–water partition coefficient (Wildman–Crippen LogP) is 0.374. The minimum atomic E-state index is -3.22. The second kappa shape index (κ2) is 51.8. The van der Waals surface area contributed by atoms with Crippen molar-refractivity contribution in [1.82, 2.24) is 10.6 Å². The Morgan fingerprint density at radius 1 is 0.481 bits per heavy atom. The Balaban J connectivity index is 1.24. The number of carbonyl (C=O) groups is 3. The highest BCUT2D eigenvalue weighted by Gasteiger charge is 2.61. The van der Waals surface area contributed by atoms with Crippen LogP contribution in [0.5, 0.6) is 0 Å². The van der Waals surface area contributed by atoms with Gasteiger partial charge in [-0.25, -0.2) is 4.79 Å². The van der Waals surface area contributed by atoms with E-state index in [0.717, 1.165) is 58.3 Å². The third kappa shape index (κ3) is 30.0. The molecular weight excluding hydrogens is 1420 g/mol. The molecule has 28 atom stereocenters. The topological polar surface area (TPSA) is 532 Å². The molecule has 108 heavy (non-hydrogen) atoms. The fraction of sp³-hybridized carbons (Fsp3) is 0.933. The Kier molecular flexibility index (Phi) is 45.9. The van der Waals surface area contributed by atoms with Gasteiger partial charge in [-0.3, -0.25) is 9.59 Å². The molecule has 2 amide bonds. The molecule has 632 valence electrons. The Labute approximate surface area is 635 Å². The van der Waals surface area contributed by atoms with Crippen molar-refractivity contribution in [2.24, 2.45) is 0 Å². The van der Waals surface area contributed by atoms with Crippen molar-refractivity contribution in [3.63, 3.8) is 0 Å². The Morgan fingerprint density at radius 3 is 1.36 bits per heavy atom. The Bertz CT molecular complexity index is 2450. The lowest BCUT2D eigenvalue weighted by molar-refractivity contribution is -0.392. The second-order valence-corrected chi connectivity index (χ2v) is 30.0. The zero-order valence-corrected chi connectivity index (χ0v) is 63.7. The average molecular weight is 1560 g/mol. The molecule has 0 aromatic rings. The zero-order chi connectivity index (χ0) is 79.3. The molecular formula is C75H136N2O31. The van der Waals surface area contributed by atoms with Crippen LogP contribution in [0.25, 0.3) is 0 Å². The van der Waals surface area contributed by atoms with E-state index in [-0.39, 0.29) is 12.3 Å². The van der Waals surface area contributed by atoms with E-state index < -0.39 is 229 Å². The number of carboxylic acids is 1.